The Morgan fingerprint density at radius 1 is 1.03 bits per heavy atom. The quantitative estimate of drug-likeness (QED) is 0.517. The highest BCUT2D eigenvalue weighted by atomic mass is 79.9. The molecule has 8 heteroatoms. The van der Waals surface area contributed by atoms with E-state index in [2.05, 4.69) is 38.0 Å². The van der Waals surface area contributed by atoms with Crippen molar-refractivity contribution in [3.8, 4) is 5.75 Å². The Labute approximate surface area is 204 Å². The molecule has 0 bridgehead atoms. The molecule has 33 heavy (non-hydrogen) atoms. The van der Waals surface area contributed by atoms with Crippen LogP contribution < -0.4 is 15.0 Å². The minimum absolute atomic E-state index is 0.287. The van der Waals surface area contributed by atoms with E-state index < -0.39 is 11.6 Å². The molecule has 1 amide bonds. The number of hydrogen-bond donors (Lipinski definition) is 1. The van der Waals surface area contributed by atoms with Crippen molar-refractivity contribution in [2.45, 2.75) is 33.3 Å². The molecule has 7 nitrogen and oxygen atoms in total. The number of likely N-dealkylation sites (N-methyl/N-ethyl adjacent to an activating group) is 1. The summed E-state index contributed by atoms with van der Waals surface area (Å²) >= 11 is 3.40. The number of halogens is 1. The van der Waals surface area contributed by atoms with Gasteiger partial charge in [-0.1, -0.05) is 22.9 Å². The molecular formula is C25H32BrN3O4. The second-order valence-corrected chi connectivity index (χ2v) is 9.31. The summed E-state index contributed by atoms with van der Waals surface area (Å²) in [7, 11) is 0. The van der Waals surface area contributed by atoms with Gasteiger partial charge in [-0.25, -0.2) is 4.79 Å². The predicted molar refractivity (Wildman–Crippen MR) is 134 cm³/mol. The number of carbonyl (C=O) groups is 2. The molecule has 0 saturated carbocycles. The van der Waals surface area contributed by atoms with Crippen LogP contribution in [0.2, 0.25) is 0 Å². The molecule has 1 aliphatic rings. The zero-order valence-electron chi connectivity index (χ0n) is 19.7. The van der Waals surface area contributed by atoms with Crippen LogP contribution in [-0.2, 0) is 9.53 Å². The lowest BCUT2D eigenvalue weighted by Gasteiger charge is -2.36. The lowest BCUT2D eigenvalue weighted by atomic mass is 10.1. The zero-order chi connectivity index (χ0) is 24.0. The van der Waals surface area contributed by atoms with Crippen molar-refractivity contribution in [1.29, 1.82) is 0 Å². The maximum Gasteiger partial charge on any atom is 0.338 e. The lowest BCUT2D eigenvalue weighted by Crippen LogP contribution is -2.47. The first-order valence-corrected chi connectivity index (χ1v) is 12.1. The van der Waals surface area contributed by atoms with Crippen molar-refractivity contribution in [3.63, 3.8) is 0 Å². The highest BCUT2D eigenvalue weighted by Gasteiger charge is 2.31. The number of amides is 1. The molecule has 1 fully saturated rings. The van der Waals surface area contributed by atoms with E-state index in [1.54, 1.807) is 45.0 Å². The van der Waals surface area contributed by atoms with Gasteiger partial charge in [0.2, 0.25) is 0 Å². The topological polar surface area (TPSA) is 71.1 Å². The summed E-state index contributed by atoms with van der Waals surface area (Å²) in [5, 5.41) is 3.01. The normalized spacial score (nSPS) is 14.6. The summed E-state index contributed by atoms with van der Waals surface area (Å²) < 4.78 is 12.1. The molecule has 0 unspecified atom stereocenters. The van der Waals surface area contributed by atoms with E-state index in [9.17, 15) is 9.59 Å². The van der Waals surface area contributed by atoms with E-state index in [1.807, 2.05) is 18.2 Å². The van der Waals surface area contributed by atoms with Crippen LogP contribution in [0.3, 0.4) is 0 Å². The van der Waals surface area contributed by atoms with Crippen LogP contribution >= 0.6 is 15.9 Å². The summed E-state index contributed by atoms with van der Waals surface area (Å²) in [6, 6.07) is 12.6. The third-order valence-corrected chi connectivity index (χ3v) is 6.18. The number of piperazine rings is 1. The van der Waals surface area contributed by atoms with Gasteiger partial charge in [-0.05, 0) is 69.8 Å². The van der Waals surface area contributed by atoms with E-state index in [1.165, 1.54) is 0 Å². The number of ether oxygens (including phenoxy) is 2. The molecule has 178 valence electrons. The standard InChI is InChI=1S/C25H32BrN3O4/c1-5-28-13-15-29(16-14-28)22-12-7-18(23(30)32-6-2)17-21(22)27-24(31)25(3,4)33-20-10-8-19(26)9-11-20/h7-12,17H,5-6,13-16H2,1-4H3,(H,27,31). The van der Waals surface area contributed by atoms with E-state index in [0.29, 0.717) is 17.0 Å². The van der Waals surface area contributed by atoms with Gasteiger partial charge in [0.15, 0.2) is 5.60 Å². The molecule has 0 aliphatic carbocycles. The Bertz CT molecular complexity index is 970. The number of rotatable bonds is 8. The first kappa shape index (κ1) is 25.1. The Balaban J connectivity index is 1.84. The van der Waals surface area contributed by atoms with E-state index in [4.69, 9.17) is 9.47 Å². The van der Waals surface area contributed by atoms with Crippen molar-refractivity contribution in [1.82, 2.24) is 4.90 Å². The Morgan fingerprint density at radius 3 is 2.30 bits per heavy atom. The van der Waals surface area contributed by atoms with E-state index in [0.717, 1.165) is 42.9 Å². The summed E-state index contributed by atoms with van der Waals surface area (Å²) in [6.45, 7) is 12.2. The van der Waals surface area contributed by atoms with Gasteiger partial charge >= 0.3 is 5.97 Å². The third kappa shape index (κ3) is 6.48. The summed E-state index contributed by atoms with van der Waals surface area (Å²) in [4.78, 5) is 30.2. The fourth-order valence-electron chi connectivity index (χ4n) is 3.67. The maximum absolute atomic E-state index is 13.3. The van der Waals surface area contributed by atoms with Crippen LogP contribution in [0.1, 0.15) is 38.1 Å². The molecular weight excluding hydrogens is 486 g/mol. The molecule has 1 aliphatic heterocycles. The number of anilines is 2. The number of nitrogens with one attached hydrogen (secondary N) is 1. The Morgan fingerprint density at radius 2 is 1.70 bits per heavy atom. The number of hydrogen-bond acceptors (Lipinski definition) is 6. The third-order valence-electron chi connectivity index (χ3n) is 5.65. The maximum atomic E-state index is 13.3. The molecule has 3 rings (SSSR count). The molecule has 2 aromatic rings. The minimum atomic E-state index is -1.13. The van der Waals surface area contributed by atoms with Crippen LogP contribution in [0.4, 0.5) is 11.4 Å². The first-order chi connectivity index (χ1) is 15.7. The summed E-state index contributed by atoms with van der Waals surface area (Å²) in [5.74, 6) is -0.130. The summed E-state index contributed by atoms with van der Waals surface area (Å²) in [6.07, 6.45) is 0. The van der Waals surface area contributed by atoms with Crippen LogP contribution in [0.25, 0.3) is 0 Å². The lowest BCUT2D eigenvalue weighted by molar-refractivity contribution is -0.128. The van der Waals surface area contributed by atoms with E-state index in [-0.39, 0.29) is 12.5 Å². The minimum Gasteiger partial charge on any atom is -0.478 e. The number of carbonyl (C=O) groups excluding carboxylic acids is 2. The first-order valence-electron chi connectivity index (χ1n) is 11.3. The molecule has 0 atom stereocenters. The van der Waals surface area contributed by atoms with Crippen molar-refractivity contribution < 1.29 is 19.1 Å². The van der Waals surface area contributed by atoms with E-state index >= 15 is 0 Å². The van der Waals surface area contributed by atoms with Crippen LogP contribution in [0.5, 0.6) is 5.75 Å². The van der Waals surface area contributed by atoms with Gasteiger partial charge < -0.3 is 24.6 Å². The zero-order valence-corrected chi connectivity index (χ0v) is 21.3. The highest BCUT2D eigenvalue weighted by molar-refractivity contribution is 9.10. The fourth-order valence-corrected chi connectivity index (χ4v) is 3.94. The van der Waals surface area contributed by atoms with Gasteiger partial charge in [0.1, 0.15) is 5.75 Å². The van der Waals surface area contributed by atoms with Crippen LogP contribution in [0.15, 0.2) is 46.9 Å². The Hall–Kier alpha value is -2.58. The van der Waals surface area contributed by atoms with Crippen LogP contribution in [0, 0.1) is 0 Å². The molecule has 2 aromatic carbocycles. The average Bonchev–Trinajstić information content (AvgIpc) is 2.80. The van der Waals surface area contributed by atoms with Gasteiger partial charge in [0, 0.05) is 30.7 Å². The predicted octanol–water partition coefficient (Wildman–Crippen LogP) is 4.56. The SMILES string of the molecule is CCOC(=O)c1ccc(N2CCN(CC)CC2)c(NC(=O)C(C)(C)Oc2ccc(Br)cc2)c1. The van der Waals surface area contributed by atoms with Gasteiger partial charge in [0.25, 0.3) is 5.91 Å². The van der Waals surface area contributed by atoms with Gasteiger partial charge in [-0.2, -0.15) is 0 Å². The second kappa shape index (κ2) is 11.0. The molecule has 0 aromatic heterocycles. The van der Waals surface area contributed by atoms with Crippen molar-refractivity contribution >= 4 is 39.2 Å². The molecule has 1 heterocycles. The van der Waals surface area contributed by atoms with Crippen molar-refractivity contribution in [3.05, 3.63) is 52.5 Å². The fraction of sp³-hybridized carbons (Fsp3) is 0.440. The Kier molecular flexibility index (Phi) is 8.37. The molecule has 1 saturated heterocycles. The number of esters is 1. The number of nitrogens with zero attached hydrogens (tertiary/aromatic N) is 2. The van der Waals surface area contributed by atoms with Gasteiger partial charge in [-0.3, -0.25) is 4.79 Å². The average molecular weight is 518 g/mol. The van der Waals surface area contributed by atoms with Gasteiger partial charge in [-0.15, -0.1) is 0 Å². The second-order valence-electron chi connectivity index (χ2n) is 8.39. The molecule has 1 N–H and O–H groups in total. The highest BCUT2D eigenvalue weighted by Crippen LogP contribution is 2.30. The molecule has 0 radical (unpaired) electrons. The molecule has 0 spiro atoms. The van der Waals surface area contributed by atoms with Crippen molar-refractivity contribution in [2.75, 3.05) is 49.5 Å². The van der Waals surface area contributed by atoms with Crippen LogP contribution in [-0.4, -0.2) is 61.7 Å². The monoisotopic (exact) mass is 517 g/mol. The smallest absolute Gasteiger partial charge is 0.338 e. The van der Waals surface area contributed by atoms with Crippen molar-refractivity contribution in [2.24, 2.45) is 0 Å². The number of benzene rings is 2. The largest absolute Gasteiger partial charge is 0.478 e. The van der Waals surface area contributed by atoms with Gasteiger partial charge in [0.05, 0.1) is 23.5 Å². The summed E-state index contributed by atoms with van der Waals surface area (Å²) in [5.41, 5.74) is 0.718.